The average Bonchev–Trinajstić information content (AvgIpc) is 2.38. The van der Waals surface area contributed by atoms with E-state index in [-0.39, 0.29) is 22.9 Å². The molecule has 0 saturated heterocycles. The van der Waals surface area contributed by atoms with Crippen molar-refractivity contribution in [2.75, 3.05) is 6.61 Å². The van der Waals surface area contributed by atoms with Crippen LogP contribution in [0, 0.1) is 5.82 Å². The molecule has 0 aliphatic carbocycles. The van der Waals surface area contributed by atoms with Gasteiger partial charge in [-0.1, -0.05) is 31.6 Å². The molecule has 0 fully saturated rings. The second kappa shape index (κ2) is 7.79. The van der Waals surface area contributed by atoms with Crippen LogP contribution in [0.2, 0.25) is 0 Å². The van der Waals surface area contributed by atoms with Crippen LogP contribution in [-0.2, 0) is 9.53 Å². The Balaban J connectivity index is 3.02. The Morgan fingerprint density at radius 2 is 2.15 bits per heavy atom. The Morgan fingerprint density at radius 3 is 2.70 bits per heavy atom. The van der Waals surface area contributed by atoms with Crippen LogP contribution in [-0.4, -0.2) is 23.7 Å². The van der Waals surface area contributed by atoms with Crippen LogP contribution in [0.1, 0.15) is 32.3 Å². The summed E-state index contributed by atoms with van der Waals surface area (Å²) in [5.74, 6) is -0.898. The maximum Gasteiger partial charge on any atom is 0.347 e. The summed E-state index contributed by atoms with van der Waals surface area (Å²) in [4.78, 5) is 11.7. The topological polar surface area (TPSA) is 61.5 Å². The normalized spacial score (nSPS) is 11.8. The number of halogens is 1. The van der Waals surface area contributed by atoms with E-state index in [1.807, 2.05) is 6.92 Å². The van der Waals surface area contributed by atoms with E-state index in [2.05, 4.69) is 0 Å². The van der Waals surface area contributed by atoms with E-state index in [0.29, 0.717) is 6.42 Å². The summed E-state index contributed by atoms with van der Waals surface area (Å²) >= 11 is 4.81. The minimum Gasteiger partial charge on any atom is -0.478 e. The van der Waals surface area contributed by atoms with Crippen molar-refractivity contribution in [2.24, 2.45) is 5.73 Å². The van der Waals surface area contributed by atoms with Gasteiger partial charge in [0.05, 0.1) is 12.2 Å². The first-order valence-corrected chi connectivity index (χ1v) is 6.83. The van der Waals surface area contributed by atoms with Crippen LogP contribution >= 0.6 is 12.2 Å². The van der Waals surface area contributed by atoms with E-state index < -0.39 is 17.9 Å². The van der Waals surface area contributed by atoms with Crippen LogP contribution in [0.15, 0.2) is 18.2 Å². The van der Waals surface area contributed by atoms with Crippen LogP contribution in [0.4, 0.5) is 4.39 Å². The highest BCUT2D eigenvalue weighted by Gasteiger charge is 2.23. The molecule has 20 heavy (non-hydrogen) atoms. The molecule has 0 aromatic heterocycles. The van der Waals surface area contributed by atoms with Crippen LogP contribution < -0.4 is 10.5 Å². The van der Waals surface area contributed by atoms with Gasteiger partial charge in [-0.25, -0.2) is 9.18 Å². The number of thiocarbonyl (C=S) groups is 1. The van der Waals surface area contributed by atoms with Crippen molar-refractivity contribution < 1.29 is 18.7 Å². The van der Waals surface area contributed by atoms with Crippen molar-refractivity contribution >= 4 is 23.2 Å². The SMILES string of the molecule is CCCC(Oc1cccc(F)c1C(N)=S)C(=O)OCC. The van der Waals surface area contributed by atoms with Gasteiger partial charge in [-0.15, -0.1) is 0 Å². The molecule has 0 spiro atoms. The minimum atomic E-state index is -0.796. The van der Waals surface area contributed by atoms with E-state index in [1.165, 1.54) is 18.2 Å². The molecule has 110 valence electrons. The molecular weight excluding hydrogens is 281 g/mol. The third-order valence-corrected chi connectivity index (χ3v) is 2.80. The zero-order chi connectivity index (χ0) is 15.1. The van der Waals surface area contributed by atoms with Crippen LogP contribution in [0.3, 0.4) is 0 Å². The highest BCUT2D eigenvalue weighted by molar-refractivity contribution is 7.80. The lowest BCUT2D eigenvalue weighted by Crippen LogP contribution is -2.30. The molecule has 0 heterocycles. The first-order valence-electron chi connectivity index (χ1n) is 6.42. The Bertz CT molecular complexity index is 493. The fourth-order valence-corrected chi connectivity index (χ4v) is 1.92. The van der Waals surface area contributed by atoms with Crippen molar-refractivity contribution in [3.05, 3.63) is 29.6 Å². The monoisotopic (exact) mass is 299 g/mol. The fourth-order valence-electron chi connectivity index (χ4n) is 1.72. The van der Waals surface area contributed by atoms with Gasteiger partial charge in [0.15, 0.2) is 6.10 Å². The van der Waals surface area contributed by atoms with Crippen LogP contribution in [0.25, 0.3) is 0 Å². The van der Waals surface area contributed by atoms with Gasteiger partial charge in [-0.2, -0.15) is 0 Å². The van der Waals surface area contributed by atoms with E-state index in [1.54, 1.807) is 6.92 Å². The molecular formula is C14H18FNO3S. The highest BCUT2D eigenvalue weighted by Crippen LogP contribution is 2.24. The predicted octanol–water partition coefficient (Wildman–Crippen LogP) is 2.57. The standard InChI is InChI=1S/C14H18FNO3S/c1-3-6-11(14(17)18-4-2)19-10-8-5-7-9(15)12(10)13(16)20/h5,7-8,11H,3-4,6H2,1-2H3,(H2,16,20). The smallest absolute Gasteiger partial charge is 0.347 e. The lowest BCUT2D eigenvalue weighted by Gasteiger charge is -2.19. The largest absolute Gasteiger partial charge is 0.478 e. The zero-order valence-corrected chi connectivity index (χ0v) is 12.3. The molecule has 0 aliphatic rings. The molecule has 1 atom stereocenters. The predicted molar refractivity (Wildman–Crippen MR) is 78.2 cm³/mol. The number of nitrogens with two attached hydrogens (primary N) is 1. The maximum absolute atomic E-state index is 13.7. The molecule has 1 aromatic rings. The maximum atomic E-state index is 13.7. The summed E-state index contributed by atoms with van der Waals surface area (Å²) in [5.41, 5.74) is 5.50. The summed E-state index contributed by atoms with van der Waals surface area (Å²) in [6.45, 7) is 3.88. The number of hydrogen-bond donors (Lipinski definition) is 1. The second-order valence-electron chi connectivity index (χ2n) is 4.12. The molecule has 0 aliphatic heterocycles. The Hall–Kier alpha value is -1.69. The van der Waals surface area contributed by atoms with Gasteiger partial charge >= 0.3 is 5.97 Å². The molecule has 1 aromatic carbocycles. The van der Waals surface area contributed by atoms with Gasteiger partial charge in [0, 0.05) is 0 Å². The average molecular weight is 299 g/mol. The molecule has 6 heteroatoms. The molecule has 4 nitrogen and oxygen atoms in total. The van der Waals surface area contributed by atoms with Crippen molar-refractivity contribution in [1.29, 1.82) is 0 Å². The number of ether oxygens (including phenoxy) is 2. The zero-order valence-electron chi connectivity index (χ0n) is 11.5. The molecule has 0 amide bonds. The molecule has 2 N–H and O–H groups in total. The van der Waals surface area contributed by atoms with Gasteiger partial charge in [0.1, 0.15) is 16.6 Å². The highest BCUT2D eigenvalue weighted by atomic mass is 32.1. The van der Waals surface area contributed by atoms with E-state index >= 15 is 0 Å². The molecule has 1 unspecified atom stereocenters. The molecule has 1 rings (SSSR count). The van der Waals surface area contributed by atoms with E-state index in [9.17, 15) is 9.18 Å². The molecule has 0 saturated carbocycles. The van der Waals surface area contributed by atoms with Crippen molar-refractivity contribution in [2.45, 2.75) is 32.8 Å². The number of carbonyl (C=O) groups excluding carboxylic acids is 1. The Labute approximate surface area is 123 Å². The first kappa shape index (κ1) is 16.4. The summed E-state index contributed by atoms with van der Waals surface area (Å²) in [6.07, 6.45) is 0.391. The van der Waals surface area contributed by atoms with E-state index in [0.717, 1.165) is 6.42 Å². The first-order chi connectivity index (χ1) is 9.51. The summed E-state index contributed by atoms with van der Waals surface area (Å²) in [7, 11) is 0. The molecule has 0 radical (unpaired) electrons. The number of benzene rings is 1. The number of carbonyl (C=O) groups is 1. The second-order valence-corrected chi connectivity index (χ2v) is 4.56. The van der Waals surface area contributed by atoms with Gasteiger partial charge in [-0.3, -0.25) is 0 Å². The number of esters is 1. The van der Waals surface area contributed by atoms with Crippen LogP contribution in [0.5, 0.6) is 5.75 Å². The minimum absolute atomic E-state index is 0.00732. The summed E-state index contributed by atoms with van der Waals surface area (Å²) in [5, 5.41) is 0. The lowest BCUT2D eigenvalue weighted by molar-refractivity contribution is -0.151. The Kier molecular flexibility index (Phi) is 6.38. The third-order valence-electron chi connectivity index (χ3n) is 2.59. The quantitative estimate of drug-likeness (QED) is 0.619. The van der Waals surface area contributed by atoms with Gasteiger partial charge in [-0.05, 0) is 25.5 Å². The lowest BCUT2D eigenvalue weighted by atomic mass is 10.1. The van der Waals surface area contributed by atoms with Gasteiger partial charge < -0.3 is 15.2 Å². The van der Waals surface area contributed by atoms with Crippen molar-refractivity contribution in [1.82, 2.24) is 0 Å². The number of rotatable bonds is 7. The summed E-state index contributed by atoms with van der Waals surface area (Å²) < 4.78 is 24.2. The summed E-state index contributed by atoms with van der Waals surface area (Å²) in [6, 6.07) is 4.24. The van der Waals surface area contributed by atoms with E-state index in [4.69, 9.17) is 27.4 Å². The van der Waals surface area contributed by atoms with Crippen molar-refractivity contribution in [3.63, 3.8) is 0 Å². The molecule has 0 bridgehead atoms. The number of hydrogen-bond acceptors (Lipinski definition) is 4. The van der Waals surface area contributed by atoms with Gasteiger partial charge in [0.25, 0.3) is 0 Å². The third kappa shape index (κ3) is 4.16. The van der Waals surface area contributed by atoms with Crippen molar-refractivity contribution in [3.8, 4) is 5.75 Å². The fraction of sp³-hybridized carbons (Fsp3) is 0.429. The Morgan fingerprint density at radius 1 is 1.45 bits per heavy atom. The van der Waals surface area contributed by atoms with Gasteiger partial charge in [0.2, 0.25) is 0 Å².